The molecule has 0 amide bonds. The average molecular weight is 209 g/mol. The van der Waals surface area contributed by atoms with Gasteiger partial charge in [0.1, 0.15) is 0 Å². The zero-order chi connectivity index (χ0) is 11.4. The first-order valence-electron chi connectivity index (χ1n) is 5.13. The Balaban J connectivity index is 2.75. The van der Waals surface area contributed by atoms with Crippen molar-refractivity contribution in [1.29, 1.82) is 5.41 Å². The summed E-state index contributed by atoms with van der Waals surface area (Å²) in [5.74, 6) is 1.13. The van der Waals surface area contributed by atoms with E-state index in [-0.39, 0.29) is 11.9 Å². The number of nitrogens with zero attached hydrogens (tertiary/aromatic N) is 3. The molecule has 1 atom stereocenters. The summed E-state index contributed by atoms with van der Waals surface area (Å²) >= 11 is 0. The van der Waals surface area contributed by atoms with Crippen LogP contribution in [0.25, 0.3) is 0 Å². The van der Waals surface area contributed by atoms with Gasteiger partial charge in [0, 0.05) is 38.4 Å². The van der Waals surface area contributed by atoms with Crippen molar-refractivity contribution in [1.82, 2.24) is 9.55 Å². The van der Waals surface area contributed by atoms with Crippen molar-refractivity contribution in [2.45, 2.75) is 32.9 Å². The molecule has 0 fully saturated rings. The van der Waals surface area contributed by atoms with Gasteiger partial charge in [0.25, 0.3) is 0 Å². The van der Waals surface area contributed by atoms with Crippen LogP contribution >= 0.6 is 0 Å². The van der Waals surface area contributed by atoms with E-state index in [1.807, 2.05) is 25.1 Å². The van der Waals surface area contributed by atoms with E-state index in [1.165, 1.54) is 0 Å². The van der Waals surface area contributed by atoms with Gasteiger partial charge in [-0.15, -0.1) is 0 Å². The third kappa shape index (κ3) is 2.71. The van der Waals surface area contributed by atoms with E-state index in [0.29, 0.717) is 6.42 Å². The van der Waals surface area contributed by atoms with Crippen molar-refractivity contribution < 1.29 is 0 Å². The Hall–Kier alpha value is -1.52. The fourth-order valence-corrected chi connectivity index (χ4v) is 1.51. The molecule has 1 aromatic heterocycles. The van der Waals surface area contributed by atoms with Gasteiger partial charge in [-0.05, 0) is 13.8 Å². The van der Waals surface area contributed by atoms with Gasteiger partial charge in [-0.2, -0.15) is 0 Å². The van der Waals surface area contributed by atoms with Crippen molar-refractivity contribution in [3.8, 4) is 0 Å². The van der Waals surface area contributed by atoms with Gasteiger partial charge in [-0.3, -0.25) is 5.41 Å². The maximum Gasteiger partial charge on any atom is 0.205 e. The van der Waals surface area contributed by atoms with Crippen LogP contribution in [0.2, 0.25) is 0 Å². The molecule has 0 aromatic carbocycles. The standard InChI is InChI=1S/C10H19N5/c1-4-15-6-5-13-10(15)14(3)8(2)7-9(11)12/h5-6,8H,4,7H2,1-3H3,(H3,11,12). The molecule has 1 heterocycles. The lowest BCUT2D eigenvalue weighted by molar-refractivity contribution is 0.652. The molecule has 1 rings (SSSR count). The second kappa shape index (κ2) is 4.82. The first-order valence-corrected chi connectivity index (χ1v) is 5.13. The number of nitrogens with one attached hydrogen (secondary N) is 1. The number of rotatable bonds is 5. The molecule has 0 bridgehead atoms. The predicted molar refractivity (Wildman–Crippen MR) is 62.3 cm³/mol. The van der Waals surface area contributed by atoms with Gasteiger partial charge in [-0.1, -0.05) is 0 Å². The van der Waals surface area contributed by atoms with Crippen LogP contribution in [-0.4, -0.2) is 28.5 Å². The highest BCUT2D eigenvalue weighted by Crippen LogP contribution is 2.14. The normalized spacial score (nSPS) is 12.5. The van der Waals surface area contributed by atoms with Crippen LogP contribution in [0.4, 0.5) is 5.95 Å². The van der Waals surface area contributed by atoms with Crippen LogP contribution in [0.3, 0.4) is 0 Å². The number of anilines is 1. The molecule has 0 spiro atoms. The molecule has 0 aliphatic heterocycles. The molecule has 0 aliphatic rings. The highest BCUT2D eigenvalue weighted by molar-refractivity contribution is 5.77. The monoisotopic (exact) mass is 209 g/mol. The van der Waals surface area contributed by atoms with Crippen LogP contribution in [0.1, 0.15) is 20.3 Å². The highest BCUT2D eigenvalue weighted by atomic mass is 15.3. The number of hydrogen-bond donors (Lipinski definition) is 2. The fourth-order valence-electron chi connectivity index (χ4n) is 1.51. The maximum atomic E-state index is 7.27. The summed E-state index contributed by atoms with van der Waals surface area (Å²) < 4.78 is 2.07. The smallest absolute Gasteiger partial charge is 0.205 e. The van der Waals surface area contributed by atoms with E-state index in [2.05, 4.69) is 16.5 Å². The number of aromatic nitrogens is 2. The first-order chi connectivity index (χ1) is 7.06. The summed E-state index contributed by atoms with van der Waals surface area (Å²) in [5, 5.41) is 7.27. The molecule has 15 heavy (non-hydrogen) atoms. The third-order valence-corrected chi connectivity index (χ3v) is 2.53. The van der Waals surface area contributed by atoms with Crippen LogP contribution in [0, 0.1) is 5.41 Å². The fraction of sp³-hybridized carbons (Fsp3) is 0.600. The number of aryl methyl sites for hydroxylation is 1. The Labute approximate surface area is 90.4 Å². The second-order valence-electron chi connectivity index (χ2n) is 3.70. The van der Waals surface area contributed by atoms with Crippen LogP contribution < -0.4 is 10.6 Å². The molecule has 5 nitrogen and oxygen atoms in total. The van der Waals surface area contributed by atoms with E-state index < -0.39 is 0 Å². The Bertz CT molecular complexity index is 330. The minimum absolute atomic E-state index is 0.190. The minimum Gasteiger partial charge on any atom is -0.388 e. The van der Waals surface area contributed by atoms with E-state index in [0.717, 1.165) is 12.5 Å². The van der Waals surface area contributed by atoms with Crippen molar-refractivity contribution in [3.63, 3.8) is 0 Å². The SMILES string of the molecule is CCn1ccnc1N(C)C(C)CC(=N)N. The summed E-state index contributed by atoms with van der Waals surface area (Å²) in [5.41, 5.74) is 5.38. The van der Waals surface area contributed by atoms with Crippen molar-refractivity contribution >= 4 is 11.8 Å². The van der Waals surface area contributed by atoms with Gasteiger partial charge in [0.15, 0.2) is 0 Å². The molecule has 1 unspecified atom stereocenters. The van der Waals surface area contributed by atoms with E-state index in [9.17, 15) is 0 Å². The van der Waals surface area contributed by atoms with E-state index in [1.54, 1.807) is 6.20 Å². The van der Waals surface area contributed by atoms with E-state index >= 15 is 0 Å². The van der Waals surface area contributed by atoms with Crippen LogP contribution in [0.5, 0.6) is 0 Å². The van der Waals surface area contributed by atoms with Gasteiger partial charge < -0.3 is 15.2 Å². The topological polar surface area (TPSA) is 70.9 Å². The van der Waals surface area contributed by atoms with Crippen LogP contribution in [-0.2, 0) is 6.54 Å². The number of imidazole rings is 1. The predicted octanol–water partition coefficient (Wildman–Crippen LogP) is 1.05. The summed E-state index contributed by atoms with van der Waals surface area (Å²) in [6.45, 7) is 5.01. The summed E-state index contributed by atoms with van der Waals surface area (Å²) in [4.78, 5) is 6.34. The third-order valence-electron chi connectivity index (χ3n) is 2.53. The molecular weight excluding hydrogens is 190 g/mol. The Morgan fingerprint density at radius 2 is 2.40 bits per heavy atom. The number of amidine groups is 1. The Kier molecular flexibility index (Phi) is 3.71. The van der Waals surface area contributed by atoms with Crippen molar-refractivity contribution in [2.75, 3.05) is 11.9 Å². The molecule has 0 radical (unpaired) electrons. The summed E-state index contributed by atoms with van der Waals surface area (Å²) in [6.07, 6.45) is 4.30. The second-order valence-corrected chi connectivity index (χ2v) is 3.70. The zero-order valence-electron chi connectivity index (χ0n) is 9.57. The quantitative estimate of drug-likeness (QED) is 0.562. The highest BCUT2D eigenvalue weighted by Gasteiger charge is 2.14. The molecule has 3 N–H and O–H groups in total. The lowest BCUT2D eigenvalue weighted by Crippen LogP contribution is -2.34. The first kappa shape index (κ1) is 11.6. The zero-order valence-corrected chi connectivity index (χ0v) is 9.57. The molecular formula is C10H19N5. The van der Waals surface area contributed by atoms with Crippen LogP contribution in [0.15, 0.2) is 12.4 Å². The molecule has 0 saturated carbocycles. The Morgan fingerprint density at radius 3 is 2.93 bits per heavy atom. The minimum atomic E-state index is 0.190. The van der Waals surface area contributed by atoms with Gasteiger partial charge in [0.05, 0.1) is 5.84 Å². The van der Waals surface area contributed by atoms with Crippen molar-refractivity contribution in [2.24, 2.45) is 5.73 Å². The van der Waals surface area contributed by atoms with Gasteiger partial charge in [-0.25, -0.2) is 4.98 Å². The number of nitrogens with two attached hydrogens (primary N) is 1. The summed E-state index contributed by atoms with van der Waals surface area (Å²) in [6, 6.07) is 0.190. The summed E-state index contributed by atoms with van der Waals surface area (Å²) in [7, 11) is 1.97. The molecule has 0 aliphatic carbocycles. The average Bonchev–Trinajstić information content (AvgIpc) is 2.62. The number of hydrogen-bond acceptors (Lipinski definition) is 3. The molecule has 1 aromatic rings. The maximum absolute atomic E-state index is 7.27. The molecule has 5 heteroatoms. The van der Waals surface area contributed by atoms with Gasteiger partial charge >= 0.3 is 0 Å². The van der Waals surface area contributed by atoms with Gasteiger partial charge in [0.2, 0.25) is 5.95 Å². The lowest BCUT2D eigenvalue weighted by Gasteiger charge is -2.25. The lowest BCUT2D eigenvalue weighted by atomic mass is 10.2. The molecule has 0 saturated heterocycles. The van der Waals surface area contributed by atoms with Crippen molar-refractivity contribution in [3.05, 3.63) is 12.4 Å². The molecule has 84 valence electrons. The van der Waals surface area contributed by atoms with E-state index in [4.69, 9.17) is 11.1 Å². The largest absolute Gasteiger partial charge is 0.388 e. The Morgan fingerprint density at radius 1 is 1.73 bits per heavy atom.